The molecule has 1 heterocycles. The van der Waals surface area contributed by atoms with Crippen LogP contribution in [0.5, 0.6) is 11.5 Å². The van der Waals surface area contributed by atoms with E-state index in [0.717, 1.165) is 4.68 Å². The van der Waals surface area contributed by atoms with Crippen LogP contribution in [0.3, 0.4) is 0 Å². The summed E-state index contributed by atoms with van der Waals surface area (Å²) in [6.45, 7) is 0.710. The molecule has 3 aromatic rings. The van der Waals surface area contributed by atoms with Crippen molar-refractivity contribution in [2.75, 3.05) is 20.3 Å². The maximum absolute atomic E-state index is 13.1. The highest BCUT2D eigenvalue weighted by Crippen LogP contribution is 2.31. The first-order chi connectivity index (χ1) is 12.9. The molecule has 0 spiro atoms. The molecule has 27 heavy (non-hydrogen) atoms. The number of hydrogen-bond acceptors (Lipinski definition) is 5. The highest BCUT2D eigenvalue weighted by atomic mass is 19.4. The number of benzene rings is 2. The van der Waals surface area contributed by atoms with Crippen LogP contribution in [0.4, 0.5) is 13.2 Å². The summed E-state index contributed by atoms with van der Waals surface area (Å²) in [7, 11) is 1.51. The molecule has 0 saturated carbocycles. The lowest BCUT2D eigenvalue weighted by Crippen LogP contribution is -2.10. The second-order valence-electron chi connectivity index (χ2n) is 5.53. The molecule has 0 bridgehead atoms. The SMILES string of the molecule is COc1ccc(-n2nc(C(F)(F)F)nc2-c2ccc(OCCN)cc2)cc1. The van der Waals surface area contributed by atoms with Crippen LogP contribution in [0.2, 0.25) is 0 Å². The first-order valence-corrected chi connectivity index (χ1v) is 8.04. The van der Waals surface area contributed by atoms with E-state index >= 15 is 0 Å². The minimum absolute atomic E-state index is 0.0675. The zero-order chi connectivity index (χ0) is 19.4. The largest absolute Gasteiger partial charge is 0.497 e. The van der Waals surface area contributed by atoms with Crippen molar-refractivity contribution >= 4 is 0 Å². The van der Waals surface area contributed by atoms with Crippen LogP contribution in [-0.4, -0.2) is 35.0 Å². The number of methoxy groups -OCH3 is 1. The molecule has 0 saturated heterocycles. The van der Waals surface area contributed by atoms with Gasteiger partial charge in [0.2, 0.25) is 0 Å². The molecule has 2 N–H and O–H groups in total. The summed E-state index contributed by atoms with van der Waals surface area (Å²) < 4.78 is 51.0. The lowest BCUT2D eigenvalue weighted by molar-refractivity contribution is -0.144. The lowest BCUT2D eigenvalue weighted by Gasteiger charge is -2.08. The Morgan fingerprint density at radius 3 is 2.19 bits per heavy atom. The third-order valence-corrected chi connectivity index (χ3v) is 3.68. The van der Waals surface area contributed by atoms with Crippen molar-refractivity contribution in [1.29, 1.82) is 0 Å². The summed E-state index contributed by atoms with van der Waals surface area (Å²) >= 11 is 0. The predicted molar refractivity (Wildman–Crippen MR) is 92.9 cm³/mol. The predicted octanol–water partition coefficient (Wildman–Crippen LogP) is 3.30. The Labute approximate surface area is 153 Å². The van der Waals surface area contributed by atoms with Crippen LogP contribution >= 0.6 is 0 Å². The van der Waals surface area contributed by atoms with Gasteiger partial charge >= 0.3 is 6.18 Å². The third-order valence-electron chi connectivity index (χ3n) is 3.68. The molecular weight excluding hydrogens is 361 g/mol. The van der Waals surface area contributed by atoms with Crippen LogP contribution in [0.15, 0.2) is 48.5 Å². The first-order valence-electron chi connectivity index (χ1n) is 8.04. The van der Waals surface area contributed by atoms with Crippen molar-refractivity contribution in [3.8, 4) is 28.6 Å². The van der Waals surface area contributed by atoms with Crippen LogP contribution in [0, 0.1) is 0 Å². The molecule has 1 aromatic heterocycles. The summed E-state index contributed by atoms with van der Waals surface area (Å²) in [4.78, 5) is 3.70. The average molecular weight is 378 g/mol. The number of aromatic nitrogens is 3. The minimum atomic E-state index is -4.66. The summed E-state index contributed by atoms with van der Waals surface area (Å²) in [5.41, 5.74) is 6.28. The Morgan fingerprint density at radius 2 is 1.63 bits per heavy atom. The Bertz CT molecular complexity index is 890. The third kappa shape index (κ3) is 4.20. The van der Waals surface area contributed by atoms with E-state index in [1.54, 1.807) is 48.5 Å². The summed E-state index contributed by atoms with van der Waals surface area (Å²) in [5.74, 6) is 0.00302. The van der Waals surface area contributed by atoms with Crippen molar-refractivity contribution in [1.82, 2.24) is 14.8 Å². The first kappa shape index (κ1) is 18.7. The highest BCUT2D eigenvalue weighted by Gasteiger charge is 2.37. The number of hydrogen-bond donors (Lipinski definition) is 1. The van der Waals surface area contributed by atoms with Crippen molar-refractivity contribution in [2.45, 2.75) is 6.18 Å². The second-order valence-corrected chi connectivity index (χ2v) is 5.53. The molecule has 0 unspecified atom stereocenters. The van der Waals surface area contributed by atoms with Gasteiger partial charge < -0.3 is 15.2 Å². The van der Waals surface area contributed by atoms with E-state index in [2.05, 4.69) is 10.1 Å². The number of halogens is 3. The quantitative estimate of drug-likeness (QED) is 0.712. The fourth-order valence-electron chi connectivity index (χ4n) is 2.40. The summed E-state index contributed by atoms with van der Waals surface area (Å²) in [6, 6.07) is 13.0. The Balaban J connectivity index is 2.03. The number of ether oxygens (including phenoxy) is 2. The highest BCUT2D eigenvalue weighted by molar-refractivity contribution is 5.59. The second kappa shape index (κ2) is 7.67. The van der Waals surface area contributed by atoms with Crippen molar-refractivity contribution in [3.63, 3.8) is 0 Å². The maximum atomic E-state index is 13.1. The van der Waals surface area contributed by atoms with Gasteiger partial charge in [-0.05, 0) is 48.5 Å². The molecule has 2 aromatic carbocycles. The average Bonchev–Trinajstić information content (AvgIpc) is 3.13. The van der Waals surface area contributed by atoms with Gasteiger partial charge in [0.25, 0.3) is 5.82 Å². The van der Waals surface area contributed by atoms with E-state index in [1.165, 1.54) is 7.11 Å². The number of nitrogens with two attached hydrogens (primary N) is 1. The topological polar surface area (TPSA) is 75.2 Å². The molecule has 0 amide bonds. The molecule has 9 heteroatoms. The van der Waals surface area contributed by atoms with Gasteiger partial charge in [-0.15, -0.1) is 5.10 Å². The van der Waals surface area contributed by atoms with Crippen LogP contribution in [0.1, 0.15) is 5.82 Å². The van der Waals surface area contributed by atoms with E-state index < -0.39 is 12.0 Å². The zero-order valence-corrected chi connectivity index (χ0v) is 14.4. The van der Waals surface area contributed by atoms with Crippen LogP contribution in [0.25, 0.3) is 17.1 Å². The van der Waals surface area contributed by atoms with E-state index in [-0.39, 0.29) is 5.82 Å². The van der Waals surface area contributed by atoms with Gasteiger partial charge in [-0.2, -0.15) is 13.2 Å². The molecule has 0 aliphatic carbocycles. The number of nitrogens with zero attached hydrogens (tertiary/aromatic N) is 3. The molecule has 3 rings (SSSR count). The van der Waals surface area contributed by atoms with Gasteiger partial charge in [-0.25, -0.2) is 9.67 Å². The maximum Gasteiger partial charge on any atom is 0.453 e. The molecular formula is C18H17F3N4O2. The monoisotopic (exact) mass is 378 g/mol. The lowest BCUT2D eigenvalue weighted by atomic mass is 10.2. The fourth-order valence-corrected chi connectivity index (χ4v) is 2.40. The zero-order valence-electron chi connectivity index (χ0n) is 14.4. The van der Waals surface area contributed by atoms with Crippen molar-refractivity contribution in [3.05, 3.63) is 54.4 Å². The molecule has 6 nitrogen and oxygen atoms in total. The Hall–Kier alpha value is -3.07. The van der Waals surface area contributed by atoms with Crippen molar-refractivity contribution in [2.24, 2.45) is 5.73 Å². The number of rotatable bonds is 6. The molecule has 0 aliphatic heterocycles. The molecule has 0 radical (unpaired) electrons. The van der Waals surface area contributed by atoms with E-state index in [0.29, 0.717) is 35.9 Å². The van der Waals surface area contributed by atoms with Crippen LogP contribution < -0.4 is 15.2 Å². The van der Waals surface area contributed by atoms with Gasteiger partial charge in [0, 0.05) is 12.1 Å². The standard InChI is InChI=1S/C18H17F3N4O2/c1-26-14-8-4-13(5-9-14)25-16(23-17(24-25)18(19,20)21)12-2-6-15(7-3-12)27-11-10-22/h2-9H,10-11,22H2,1H3. The normalized spacial score (nSPS) is 11.4. The van der Waals surface area contributed by atoms with Gasteiger partial charge in [0.05, 0.1) is 12.8 Å². The Morgan fingerprint density at radius 1 is 1.00 bits per heavy atom. The fraction of sp³-hybridized carbons (Fsp3) is 0.222. The molecule has 0 aliphatic rings. The van der Waals surface area contributed by atoms with E-state index in [1.807, 2.05) is 0 Å². The molecule has 142 valence electrons. The summed E-state index contributed by atoms with van der Waals surface area (Å²) in [6.07, 6.45) is -4.66. The number of alkyl halides is 3. The van der Waals surface area contributed by atoms with Crippen molar-refractivity contribution < 1.29 is 22.6 Å². The van der Waals surface area contributed by atoms with E-state index in [9.17, 15) is 13.2 Å². The smallest absolute Gasteiger partial charge is 0.453 e. The molecule has 0 fully saturated rings. The van der Waals surface area contributed by atoms with Gasteiger partial charge in [-0.1, -0.05) is 0 Å². The van der Waals surface area contributed by atoms with E-state index in [4.69, 9.17) is 15.2 Å². The van der Waals surface area contributed by atoms with Gasteiger partial charge in [-0.3, -0.25) is 0 Å². The summed E-state index contributed by atoms with van der Waals surface area (Å²) in [5, 5.41) is 3.65. The minimum Gasteiger partial charge on any atom is -0.497 e. The van der Waals surface area contributed by atoms with Crippen LogP contribution in [-0.2, 0) is 6.18 Å². The molecule has 0 atom stereocenters. The van der Waals surface area contributed by atoms with Gasteiger partial charge in [0.1, 0.15) is 18.1 Å². The van der Waals surface area contributed by atoms with Gasteiger partial charge in [0.15, 0.2) is 5.82 Å². The Kier molecular flexibility index (Phi) is 5.31.